The zero-order valence-corrected chi connectivity index (χ0v) is 12.3. The van der Waals surface area contributed by atoms with E-state index in [0.29, 0.717) is 11.4 Å². The third-order valence-electron chi connectivity index (χ3n) is 2.11. The Labute approximate surface area is 101 Å². The van der Waals surface area contributed by atoms with Gasteiger partial charge >= 0.3 is 0 Å². The van der Waals surface area contributed by atoms with Crippen molar-refractivity contribution in [2.45, 2.75) is 18.9 Å². The van der Waals surface area contributed by atoms with Crippen LogP contribution in [-0.2, 0) is 9.16 Å². The summed E-state index contributed by atoms with van der Waals surface area (Å²) in [5.41, 5.74) is 0.574. The van der Waals surface area contributed by atoms with Crippen LogP contribution in [0.4, 0.5) is 0 Å². The molecular weight excluding hydrogens is 230 g/mol. The van der Waals surface area contributed by atoms with E-state index in [2.05, 4.69) is 19.0 Å². The number of ether oxygens (including phenoxy) is 1. The second-order valence-corrected chi connectivity index (χ2v) is 6.16. The largest absolute Gasteiger partial charge is 0.424 e. The maximum absolute atomic E-state index is 5.74. The summed E-state index contributed by atoms with van der Waals surface area (Å²) >= 11 is 5.74. The fourth-order valence-electron chi connectivity index (χ4n) is 1.15. The molecule has 0 aliphatic carbocycles. The molecule has 0 spiro atoms. The highest BCUT2D eigenvalue weighted by atomic mass is 35.5. The highest BCUT2D eigenvalue weighted by molar-refractivity contribution is 6.30. The van der Waals surface area contributed by atoms with E-state index >= 15 is 0 Å². The van der Waals surface area contributed by atoms with Gasteiger partial charge in [0.1, 0.15) is 0 Å². The third-order valence-corrected chi connectivity index (χ3v) is 4.09. The zero-order valence-electron chi connectivity index (χ0n) is 10.2. The second-order valence-electron chi connectivity index (χ2n) is 3.88. The van der Waals surface area contributed by atoms with Gasteiger partial charge in [0.25, 0.3) is 0 Å². The first-order valence-corrected chi connectivity index (χ1v) is 7.49. The Bertz CT molecular complexity index is 139. The molecule has 0 aromatic carbocycles. The van der Waals surface area contributed by atoms with E-state index < -0.39 is 9.76 Å². The summed E-state index contributed by atoms with van der Waals surface area (Å²) in [5.74, 6) is 0.710. The summed E-state index contributed by atoms with van der Waals surface area (Å²) in [6, 6.07) is 0. The standard InChI is InChI=1S/C10H24ClNO2Si/c1-4-14-15-10(5-6-11)9-13-8-7-12(2)3/h10H,4-9,15H2,1-3H3. The highest BCUT2D eigenvalue weighted by Gasteiger charge is 2.09. The molecule has 0 aliphatic heterocycles. The maximum Gasteiger partial charge on any atom is 0.166 e. The van der Waals surface area contributed by atoms with Crippen LogP contribution in [0.25, 0.3) is 0 Å². The van der Waals surface area contributed by atoms with Crippen molar-refractivity contribution in [3.63, 3.8) is 0 Å². The molecule has 0 aromatic heterocycles. The summed E-state index contributed by atoms with van der Waals surface area (Å²) < 4.78 is 11.1. The first-order valence-electron chi connectivity index (χ1n) is 5.56. The van der Waals surface area contributed by atoms with Gasteiger partial charge in [-0.05, 0) is 33.0 Å². The van der Waals surface area contributed by atoms with Crippen LogP contribution in [0.15, 0.2) is 0 Å². The molecule has 0 aliphatic rings. The molecule has 15 heavy (non-hydrogen) atoms. The van der Waals surface area contributed by atoms with E-state index in [1.54, 1.807) is 0 Å². The van der Waals surface area contributed by atoms with Gasteiger partial charge in [0.2, 0.25) is 0 Å². The number of rotatable bonds is 10. The van der Waals surface area contributed by atoms with Gasteiger partial charge in [-0.3, -0.25) is 0 Å². The molecule has 92 valence electrons. The minimum absolute atomic E-state index is 0.456. The van der Waals surface area contributed by atoms with Crippen molar-refractivity contribution in [1.82, 2.24) is 4.90 Å². The van der Waals surface area contributed by atoms with Crippen LogP contribution in [-0.4, -0.2) is 61.0 Å². The topological polar surface area (TPSA) is 21.7 Å². The molecule has 1 atom stereocenters. The molecule has 0 fully saturated rings. The SMILES string of the molecule is CCO[SiH2]C(CCCl)COCCN(C)C. The summed E-state index contributed by atoms with van der Waals surface area (Å²) in [4.78, 5) is 2.12. The molecule has 0 aromatic rings. The van der Waals surface area contributed by atoms with Crippen molar-refractivity contribution < 1.29 is 9.16 Å². The first kappa shape index (κ1) is 15.4. The Morgan fingerprint density at radius 2 is 2.13 bits per heavy atom. The number of hydrogen-bond acceptors (Lipinski definition) is 3. The lowest BCUT2D eigenvalue weighted by Crippen LogP contribution is -2.21. The van der Waals surface area contributed by atoms with E-state index in [1.165, 1.54) is 0 Å². The normalized spacial score (nSPS) is 14.2. The Hall–Kier alpha value is 0.387. The van der Waals surface area contributed by atoms with Crippen molar-refractivity contribution in [3.8, 4) is 0 Å². The van der Waals surface area contributed by atoms with E-state index in [0.717, 1.165) is 32.8 Å². The second kappa shape index (κ2) is 10.9. The lowest BCUT2D eigenvalue weighted by atomic mass is 10.3. The molecule has 3 nitrogen and oxygen atoms in total. The lowest BCUT2D eigenvalue weighted by molar-refractivity contribution is 0.112. The Morgan fingerprint density at radius 1 is 1.40 bits per heavy atom. The van der Waals surface area contributed by atoms with Crippen LogP contribution in [0.2, 0.25) is 5.54 Å². The molecule has 0 heterocycles. The van der Waals surface area contributed by atoms with Gasteiger partial charge in [0, 0.05) is 25.6 Å². The first-order chi connectivity index (χ1) is 7.20. The summed E-state index contributed by atoms with van der Waals surface area (Å²) in [6.45, 7) is 5.45. The fraction of sp³-hybridized carbons (Fsp3) is 1.00. The number of hydrogen-bond donors (Lipinski definition) is 0. The average molecular weight is 254 g/mol. The Balaban J connectivity index is 3.47. The number of likely N-dealkylation sites (N-methyl/N-ethyl adjacent to an activating group) is 1. The van der Waals surface area contributed by atoms with Crippen LogP contribution in [0.3, 0.4) is 0 Å². The van der Waals surface area contributed by atoms with E-state index in [1.807, 2.05) is 6.92 Å². The summed E-state index contributed by atoms with van der Waals surface area (Å²) in [5, 5.41) is 0. The average Bonchev–Trinajstić information content (AvgIpc) is 2.20. The monoisotopic (exact) mass is 253 g/mol. The highest BCUT2D eigenvalue weighted by Crippen LogP contribution is 2.11. The van der Waals surface area contributed by atoms with Crippen LogP contribution in [0.5, 0.6) is 0 Å². The molecule has 0 saturated heterocycles. The van der Waals surface area contributed by atoms with E-state index in [9.17, 15) is 0 Å². The minimum atomic E-state index is -0.456. The van der Waals surface area contributed by atoms with Crippen LogP contribution in [0.1, 0.15) is 13.3 Å². The van der Waals surface area contributed by atoms with Crippen molar-refractivity contribution in [1.29, 1.82) is 0 Å². The predicted molar refractivity (Wildman–Crippen MR) is 68.6 cm³/mol. The molecule has 0 amide bonds. The summed E-state index contributed by atoms with van der Waals surface area (Å²) in [7, 11) is 3.64. The fourth-order valence-corrected chi connectivity index (χ4v) is 2.92. The molecular formula is C10H24ClNO2Si. The van der Waals surface area contributed by atoms with Crippen molar-refractivity contribution in [3.05, 3.63) is 0 Å². The quantitative estimate of drug-likeness (QED) is 0.331. The van der Waals surface area contributed by atoms with Gasteiger partial charge in [0.15, 0.2) is 9.76 Å². The Morgan fingerprint density at radius 3 is 2.67 bits per heavy atom. The third kappa shape index (κ3) is 10.7. The zero-order chi connectivity index (χ0) is 11.5. The van der Waals surface area contributed by atoms with Crippen LogP contribution < -0.4 is 0 Å². The van der Waals surface area contributed by atoms with Gasteiger partial charge in [-0.25, -0.2) is 0 Å². The van der Waals surface area contributed by atoms with Gasteiger partial charge in [-0.15, -0.1) is 11.6 Å². The van der Waals surface area contributed by atoms with E-state index in [-0.39, 0.29) is 0 Å². The van der Waals surface area contributed by atoms with Crippen molar-refractivity contribution >= 4 is 21.4 Å². The van der Waals surface area contributed by atoms with Gasteiger partial charge in [-0.2, -0.15) is 0 Å². The predicted octanol–water partition coefficient (Wildman–Crippen LogP) is 1.10. The number of nitrogens with zero attached hydrogens (tertiary/aromatic N) is 1. The molecule has 0 radical (unpaired) electrons. The van der Waals surface area contributed by atoms with Crippen LogP contribution in [0, 0.1) is 0 Å². The smallest absolute Gasteiger partial charge is 0.166 e. The molecule has 0 rings (SSSR count). The Kier molecular flexibility index (Phi) is 11.2. The molecule has 0 N–H and O–H groups in total. The van der Waals surface area contributed by atoms with Gasteiger partial charge in [0.05, 0.1) is 6.61 Å². The maximum atomic E-state index is 5.74. The number of alkyl halides is 1. The van der Waals surface area contributed by atoms with Crippen molar-refractivity contribution in [2.75, 3.05) is 46.3 Å². The van der Waals surface area contributed by atoms with Crippen molar-refractivity contribution in [2.24, 2.45) is 0 Å². The molecule has 0 saturated carbocycles. The molecule has 1 unspecified atom stereocenters. The minimum Gasteiger partial charge on any atom is -0.424 e. The molecule has 5 heteroatoms. The lowest BCUT2D eigenvalue weighted by Gasteiger charge is -2.16. The van der Waals surface area contributed by atoms with Crippen LogP contribution >= 0.6 is 11.6 Å². The molecule has 0 bridgehead atoms. The number of halogens is 1. The van der Waals surface area contributed by atoms with E-state index in [4.69, 9.17) is 20.8 Å². The van der Waals surface area contributed by atoms with Gasteiger partial charge in [-0.1, -0.05) is 0 Å². The van der Waals surface area contributed by atoms with Gasteiger partial charge < -0.3 is 14.1 Å². The summed E-state index contributed by atoms with van der Waals surface area (Å²) in [6.07, 6.45) is 1.02.